The summed E-state index contributed by atoms with van der Waals surface area (Å²) < 4.78 is 5.67. The highest BCUT2D eigenvalue weighted by molar-refractivity contribution is 8.00. The molecule has 24 heavy (non-hydrogen) atoms. The number of benzene rings is 2. The number of hydrogen-bond acceptors (Lipinski definition) is 3. The fourth-order valence-electron chi connectivity index (χ4n) is 2.10. The Morgan fingerprint density at radius 2 is 1.88 bits per heavy atom. The molecule has 2 rings (SSSR count). The highest BCUT2D eigenvalue weighted by atomic mass is 35.5. The van der Waals surface area contributed by atoms with E-state index in [-0.39, 0.29) is 17.3 Å². The minimum atomic E-state index is -0.179. The maximum absolute atomic E-state index is 12.3. The van der Waals surface area contributed by atoms with Crippen LogP contribution in [-0.2, 0) is 11.3 Å². The lowest BCUT2D eigenvalue weighted by Gasteiger charge is -2.13. The number of carbonyl (C=O) groups excluding carboxylic acids is 1. The van der Waals surface area contributed by atoms with Gasteiger partial charge in [-0.05, 0) is 62.7 Å². The van der Waals surface area contributed by atoms with Crippen LogP contribution >= 0.6 is 23.4 Å². The van der Waals surface area contributed by atoms with Gasteiger partial charge in [-0.25, -0.2) is 0 Å². The van der Waals surface area contributed by atoms with Crippen LogP contribution in [0.1, 0.15) is 26.3 Å². The molecule has 128 valence electrons. The van der Waals surface area contributed by atoms with Crippen molar-refractivity contribution < 1.29 is 9.53 Å². The molecule has 2 aromatic rings. The predicted molar refractivity (Wildman–Crippen MR) is 101 cm³/mol. The SMILES string of the molecule is CC(C)Oc1cccc(CNC(=O)[C@@H](C)Sc2ccc(Cl)cc2)c1. The average molecular weight is 364 g/mol. The van der Waals surface area contributed by atoms with Crippen molar-refractivity contribution in [1.29, 1.82) is 0 Å². The molecule has 0 bridgehead atoms. The van der Waals surface area contributed by atoms with Crippen molar-refractivity contribution in [1.82, 2.24) is 5.32 Å². The summed E-state index contributed by atoms with van der Waals surface area (Å²) in [5.41, 5.74) is 1.02. The molecule has 5 heteroatoms. The normalized spacial score (nSPS) is 12.0. The second kappa shape index (κ2) is 9.00. The molecule has 0 unspecified atom stereocenters. The van der Waals surface area contributed by atoms with Gasteiger partial charge in [-0.1, -0.05) is 23.7 Å². The summed E-state index contributed by atoms with van der Waals surface area (Å²) in [6, 6.07) is 15.3. The van der Waals surface area contributed by atoms with Gasteiger partial charge >= 0.3 is 0 Å². The van der Waals surface area contributed by atoms with Crippen LogP contribution in [-0.4, -0.2) is 17.3 Å². The quantitative estimate of drug-likeness (QED) is 0.709. The molecule has 2 aromatic carbocycles. The molecule has 0 radical (unpaired) electrons. The van der Waals surface area contributed by atoms with Crippen molar-refractivity contribution in [2.45, 2.75) is 43.6 Å². The minimum absolute atomic E-state index is 0.00475. The Labute approximate surface area is 152 Å². The van der Waals surface area contributed by atoms with Crippen LogP contribution in [0.4, 0.5) is 0 Å². The summed E-state index contributed by atoms with van der Waals surface area (Å²) in [5, 5.41) is 3.48. The molecule has 0 aliphatic carbocycles. The number of halogens is 1. The van der Waals surface area contributed by atoms with Gasteiger partial charge in [-0.2, -0.15) is 0 Å². The molecule has 0 spiro atoms. The predicted octanol–water partition coefficient (Wildman–Crippen LogP) is 4.92. The van der Waals surface area contributed by atoms with E-state index in [1.54, 1.807) is 0 Å². The van der Waals surface area contributed by atoms with Gasteiger partial charge in [0.2, 0.25) is 5.91 Å². The van der Waals surface area contributed by atoms with Crippen molar-refractivity contribution in [3.63, 3.8) is 0 Å². The van der Waals surface area contributed by atoms with Crippen LogP contribution in [0.15, 0.2) is 53.4 Å². The topological polar surface area (TPSA) is 38.3 Å². The second-order valence-corrected chi connectivity index (χ2v) is 7.60. The lowest BCUT2D eigenvalue weighted by Crippen LogP contribution is -2.30. The zero-order chi connectivity index (χ0) is 17.5. The first-order valence-corrected chi connectivity index (χ1v) is 9.15. The lowest BCUT2D eigenvalue weighted by molar-refractivity contribution is -0.120. The Morgan fingerprint density at radius 3 is 2.54 bits per heavy atom. The van der Waals surface area contributed by atoms with Crippen LogP contribution in [0.2, 0.25) is 5.02 Å². The average Bonchev–Trinajstić information content (AvgIpc) is 2.54. The standard InChI is InChI=1S/C19H22ClNO2S/c1-13(2)23-17-6-4-5-15(11-17)12-21-19(22)14(3)24-18-9-7-16(20)8-10-18/h4-11,13-14H,12H2,1-3H3,(H,21,22)/t14-/m1/s1. The van der Waals surface area contributed by atoms with E-state index < -0.39 is 0 Å². The molecule has 0 aromatic heterocycles. The molecule has 0 saturated heterocycles. The van der Waals surface area contributed by atoms with Gasteiger partial charge in [0.25, 0.3) is 0 Å². The molecule has 3 nitrogen and oxygen atoms in total. The Kier molecular flexibility index (Phi) is 7.00. The van der Waals surface area contributed by atoms with Crippen LogP contribution in [0.5, 0.6) is 5.75 Å². The van der Waals surface area contributed by atoms with Crippen LogP contribution in [0.3, 0.4) is 0 Å². The number of rotatable bonds is 7. The van der Waals surface area contributed by atoms with E-state index in [1.807, 2.05) is 69.3 Å². The molecule has 1 N–H and O–H groups in total. The number of amides is 1. The van der Waals surface area contributed by atoms with E-state index in [0.29, 0.717) is 11.6 Å². The van der Waals surface area contributed by atoms with Crippen LogP contribution in [0.25, 0.3) is 0 Å². The van der Waals surface area contributed by atoms with Gasteiger partial charge in [0.1, 0.15) is 5.75 Å². The van der Waals surface area contributed by atoms with Gasteiger partial charge in [0, 0.05) is 16.5 Å². The number of hydrogen-bond donors (Lipinski definition) is 1. The smallest absolute Gasteiger partial charge is 0.233 e. The van der Waals surface area contributed by atoms with E-state index in [0.717, 1.165) is 16.2 Å². The maximum Gasteiger partial charge on any atom is 0.233 e. The zero-order valence-corrected chi connectivity index (χ0v) is 15.7. The molecule has 0 fully saturated rings. The van der Waals surface area contributed by atoms with Gasteiger partial charge < -0.3 is 10.1 Å². The van der Waals surface area contributed by atoms with E-state index in [4.69, 9.17) is 16.3 Å². The van der Waals surface area contributed by atoms with E-state index in [9.17, 15) is 4.79 Å². The van der Waals surface area contributed by atoms with Crippen molar-refractivity contribution in [2.75, 3.05) is 0 Å². The first-order valence-electron chi connectivity index (χ1n) is 7.89. The Balaban J connectivity index is 1.86. The fraction of sp³-hybridized carbons (Fsp3) is 0.316. The summed E-state index contributed by atoms with van der Waals surface area (Å²) in [5.74, 6) is 0.825. The van der Waals surface area contributed by atoms with Crippen molar-refractivity contribution in [2.24, 2.45) is 0 Å². The summed E-state index contributed by atoms with van der Waals surface area (Å²) in [6.45, 7) is 6.36. The number of ether oxygens (including phenoxy) is 1. The van der Waals surface area contributed by atoms with Crippen molar-refractivity contribution in [3.05, 3.63) is 59.1 Å². The third-order valence-corrected chi connectivity index (χ3v) is 4.60. The summed E-state index contributed by atoms with van der Waals surface area (Å²) in [4.78, 5) is 13.3. The highest BCUT2D eigenvalue weighted by Crippen LogP contribution is 2.24. The van der Waals surface area contributed by atoms with Crippen LogP contribution < -0.4 is 10.1 Å². The first kappa shape index (κ1) is 18.7. The molecule has 0 saturated carbocycles. The second-order valence-electron chi connectivity index (χ2n) is 5.75. The zero-order valence-electron chi connectivity index (χ0n) is 14.1. The fourth-order valence-corrected chi connectivity index (χ4v) is 3.12. The van der Waals surface area contributed by atoms with E-state index in [1.165, 1.54) is 11.8 Å². The molecular weight excluding hydrogens is 342 g/mol. The molecule has 0 heterocycles. The van der Waals surface area contributed by atoms with E-state index >= 15 is 0 Å². The Bertz CT molecular complexity index is 673. The monoisotopic (exact) mass is 363 g/mol. The molecular formula is C19H22ClNO2S. The number of thioether (sulfide) groups is 1. The lowest BCUT2D eigenvalue weighted by atomic mass is 10.2. The minimum Gasteiger partial charge on any atom is -0.491 e. The number of carbonyl (C=O) groups is 1. The Morgan fingerprint density at radius 1 is 1.17 bits per heavy atom. The van der Waals surface area contributed by atoms with Crippen LogP contribution in [0, 0.1) is 0 Å². The van der Waals surface area contributed by atoms with Gasteiger partial charge in [-0.15, -0.1) is 11.8 Å². The molecule has 0 aliphatic heterocycles. The molecule has 1 amide bonds. The molecule has 1 atom stereocenters. The van der Waals surface area contributed by atoms with Gasteiger partial charge in [-0.3, -0.25) is 4.79 Å². The highest BCUT2D eigenvalue weighted by Gasteiger charge is 2.14. The van der Waals surface area contributed by atoms with Crippen molar-refractivity contribution >= 4 is 29.3 Å². The summed E-state index contributed by atoms with van der Waals surface area (Å²) in [6.07, 6.45) is 0.130. The molecule has 0 aliphatic rings. The first-order chi connectivity index (χ1) is 11.4. The van der Waals surface area contributed by atoms with E-state index in [2.05, 4.69) is 5.32 Å². The third-order valence-electron chi connectivity index (χ3n) is 3.23. The summed E-state index contributed by atoms with van der Waals surface area (Å²) >= 11 is 7.39. The van der Waals surface area contributed by atoms with Crippen molar-refractivity contribution in [3.8, 4) is 5.75 Å². The third kappa shape index (κ3) is 6.10. The Hall–Kier alpha value is -1.65. The summed E-state index contributed by atoms with van der Waals surface area (Å²) in [7, 11) is 0. The number of nitrogens with one attached hydrogen (secondary N) is 1. The largest absolute Gasteiger partial charge is 0.491 e. The van der Waals surface area contributed by atoms with Gasteiger partial charge in [0.15, 0.2) is 0 Å². The van der Waals surface area contributed by atoms with Gasteiger partial charge in [0.05, 0.1) is 11.4 Å². The maximum atomic E-state index is 12.3.